The molecule has 1 heterocycles. The molecule has 0 aliphatic carbocycles. The first-order valence-corrected chi connectivity index (χ1v) is 12.0. The molecule has 0 radical (unpaired) electrons. The van der Waals surface area contributed by atoms with E-state index in [4.69, 9.17) is 4.74 Å². The van der Waals surface area contributed by atoms with Crippen molar-refractivity contribution in [1.82, 2.24) is 4.98 Å². The van der Waals surface area contributed by atoms with Crippen LogP contribution in [-0.4, -0.2) is 18.0 Å². The molecule has 1 aromatic heterocycles. The second-order valence-electron chi connectivity index (χ2n) is 7.60. The molecule has 0 atom stereocenters. The maximum absolute atomic E-state index is 12.2. The highest BCUT2D eigenvalue weighted by Gasteiger charge is 2.08. The second-order valence-corrected chi connectivity index (χ2v) is 8.46. The van der Waals surface area contributed by atoms with Crippen LogP contribution in [0, 0.1) is 0 Å². The molecule has 1 aromatic carbocycles. The smallest absolute Gasteiger partial charge is 0.226 e. The van der Waals surface area contributed by atoms with Crippen LogP contribution in [0.4, 0.5) is 5.13 Å². The zero-order chi connectivity index (χ0) is 20.7. The Morgan fingerprint density at radius 3 is 2.31 bits per heavy atom. The molecule has 0 unspecified atom stereocenters. The predicted molar refractivity (Wildman–Crippen MR) is 124 cm³/mol. The summed E-state index contributed by atoms with van der Waals surface area (Å²) >= 11 is 1.46. The Bertz CT molecular complexity index is 714. The van der Waals surface area contributed by atoms with Gasteiger partial charge >= 0.3 is 0 Å². The van der Waals surface area contributed by atoms with Crippen LogP contribution in [0.2, 0.25) is 0 Å². The highest BCUT2D eigenvalue weighted by atomic mass is 32.1. The van der Waals surface area contributed by atoms with Crippen LogP contribution in [0.1, 0.15) is 84.0 Å². The molecule has 5 heteroatoms. The normalized spacial score (nSPS) is 10.8. The molecule has 29 heavy (non-hydrogen) atoms. The first-order valence-electron chi connectivity index (χ1n) is 11.1. The number of ether oxygens (including phenoxy) is 1. The Kier molecular flexibility index (Phi) is 11.4. The molecule has 0 saturated carbocycles. The summed E-state index contributed by atoms with van der Waals surface area (Å²) in [6.45, 7) is 2.26. The molecule has 0 aliphatic heterocycles. The number of methoxy groups -OCH3 is 1. The Hall–Kier alpha value is -1.88. The van der Waals surface area contributed by atoms with Crippen LogP contribution < -0.4 is 10.1 Å². The minimum atomic E-state index is 0.0625. The van der Waals surface area contributed by atoms with Crippen LogP contribution in [0.25, 0.3) is 11.3 Å². The number of rotatable bonds is 15. The summed E-state index contributed by atoms with van der Waals surface area (Å²) in [6.07, 6.45) is 14.8. The van der Waals surface area contributed by atoms with E-state index in [-0.39, 0.29) is 5.91 Å². The number of aromatic nitrogens is 1. The average Bonchev–Trinajstić information content (AvgIpc) is 3.20. The quantitative estimate of drug-likeness (QED) is 0.307. The minimum Gasteiger partial charge on any atom is -0.497 e. The van der Waals surface area contributed by atoms with E-state index in [1.807, 2.05) is 29.6 Å². The lowest BCUT2D eigenvalue weighted by Gasteiger charge is -2.03. The second kappa shape index (κ2) is 14.2. The number of thiazole rings is 1. The Morgan fingerprint density at radius 1 is 1.00 bits per heavy atom. The fraction of sp³-hybridized carbons (Fsp3) is 0.583. The van der Waals surface area contributed by atoms with Crippen LogP contribution in [-0.2, 0) is 4.79 Å². The van der Waals surface area contributed by atoms with E-state index in [9.17, 15) is 4.79 Å². The summed E-state index contributed by atoms with van der Waals surface area (Å²) in [4.78, 5) is 16.7. The third kappa shape index (κ3) is 9.44. The zero-order valence-corrected chi connectivity index (χ0v) is 18.9. The standard InChI is InChI=1S/C24H36N2O2S/c1-3-4-5-6-7-8-9-10-11-12-13-17-23(27)26-24-25-22(19-29-24)20-15-14-16-21(18-20)28-2/h14-16,18-19H,3-13,17H2,1-2H3,(H,25,26,27). The summed E-state index contributed by atoms with van der Waals surface area (Å²) < 4.78 is 5.26. The van der Waals surface area contributed by atoms with Gasteiger partial charge in [-0.25, -0.2) is 4.98 Å². The predicted octanol–water partition coefficient (Wildman–Crippen LogP) is 7.46. The maximum atomic E-state index is 12.2. The fourth-order valence-electron chi connectivity index (χ4n) is 3.38. The molecule has 0 aliphatic rings. The molecule has 0 bridgehead atoms. The van der Waals surface area contributed by atoms with Crippen molar-refractivity contribution in [3.63, 3.8) is 0 Å². The van der Waals surface area contributed by atoms with Crippen molar-refractivity contribution in [2.24, 2.45) is 0 Å². The zero-order valence-electron chi connectivity index (χ0n) is 18.0. The minimum absolute atomic E-state index is 0.0625. The summed E-state index contributed by atoms with van der Waals surface area (Å²) in [5.41, 5.74) is 1.85. The van der Waals surface area contributed by atoms with Crippen molar-refractivity contribution >= 4 is 22.4 Å². The summed E-state index contributed by atoms with van der Waals surface area (Å²) in [7, 11) is 1.65. The van der Waals surface area contributed by atoms with Gasteiger partial charge in [-0.15, -0.1) is 11.3 Å². The number of hydrogen-bond donors (Lipinski definition) is 1. The van der Waals surface area contributed by atoms with Crippen LogP contribution >= 0.6 is 11.3 Å². The summed E-state index contributed by atoms with van der Waals surface area (Å²) in [5, 5.41) is 5.56. The van der Waals surface area contributed by atoms with Crippen molar-refractivity contribution in [2.75, 3.05) is 12.4 Å². The van der Waals surface area contributed by atoms with Crippen molar-refractivity contribution in [2.45, 2.75) is 84.0 Å². The van der Waals surface area contributed by atoms with Crippen molar-refractivity contribution in [3.8, 4) is 17.0 Å². The molecule has 1 N–H and O–H groups in total. The molecule has 0 spiro atoms. The number of benzene rings is 1. The first-order chi connectivity index (χ1) is 14.2. The van der Waals surface area contributed by atoms with E-state index in [0.717, 1.165) is 29.8 Å². The van der Waals surface area contributed by atoms with Gasteiger partial charge in [-0.1, -0.05) is 83.3 Å². The van der Waals surface area contributed by atoms with Gasteiger partial charge in [-0.3, -0.25) is 4.79 Å². The number of anilines is 1. The first kappa shape index (κ1) is 23.4. The van der Waals surface area contributed by atoms with Gasteiger partial charge in [0.25, 0.3) is 0 Å². The summed E-state index contributed by atoms with van der Waals surface area (Å²) in [5.74, 6) is 0.866. The Balaban J connectivity index is 1.56. The van der Waals surface area contributed by atoms with E-state index in [1.54, 1.807) is 7.11 Å². The van der Waals surface area contributed by atoms with Gasteiger partial charge in [0.05, 0.1) is 12.8 Å². The molecular formula is C24H36N2O2S. The number of nitrogens with zero attached hydrogens (tertiary/aromatic N) is 1. The Morgan fingerprint density at radius 2 is 1.66 bits per heavy atom. The van der Waals surface area contributed by atoms with E-state index >= 15 is 0 Å². The van der Waals surface area contributed by atoms with Gasteiger partial charge in [0, 0.05) is 17.4 Å². The lowest BCUT2D eigenvalue weighted by atomic mass is 10.1. The molecule has 160 valence electrons. The van der Waals surface area contributed by atoms with Crippen molar-refractivity contribution in [3.05, 3.63) is 29.6 Å². The average molecular weight is 417 g/mol. The Labute approximate surface area is 180 Å². The monoisotopic (exact) mass is 416 g/mol. The highest BCUT2D eigenvalue weighted by Crippen LogP contribution is 2.27. The number of hydrogen-bond acceptors (Lipinski definition) is 4. The molecule has 1 amide bonds. The maximum Gasteiger partial charge on any atom is 0.226 e. The van der Waals surface area contributed by atoms with Gasteiger partial charge in [0.15, 0.2) is 5.13 Å². The lowest BCUT2D eigenvalue weighted by molar-refractivity contribution is -0.116. The van der Waals surface area contributed by atoms with Gasteiger partial charge in [-0.05, 0) is 18.6 Å². The molecule has 2 aromatic rings. The van der Waals surface area contributed by atoms with Crippen LogP contribution in [0.5, 0.6) is 5.75 Å². The van der Waals surface area contributed by atoms with Gasteiger partial charge in [-0.2, -0.15) is 0 Å². The number of carbonyl (C=O) groups is 1. The van der Waals surface area contributed by atoms with Gasteiger partial charge in [0.1, 0.15) is 5.75 Å². The number of nitrogens with one attached hydrogen (secondary N) is 1. The van der Waals surface area contributed by atoms with E-state index in [1.165, 1.54) is 69.1 Å². The molecular weight excluding hydrogens is 380 g/mol. The van der Waals surface area contributed by atoms with E-state index < -0.39 is 0 Å². The third-order valence-corrected chi connectivity index (χ3v) is 5.88. The number of carbonyl (C=O) groups excluding carboxylic acids is 1. The summed E-state index contributed by atoms with van der Waals surface area (Å²) in [6, 6.07) is 7.80. The van der Waals surface area contributed by atoms with Gasteiger partial charge in [0.2, 0.25) is 5.91 Å². The largest absolute Gasteiger partial charge is 0.497 e. The molecule has 0 saturated heterocycles. The highest BCUT2D eigenvalue weighted by molar-refractivity contribution is 7.14. The van der Waals surface area contributed by atoms with Gasteiger partial charge < -0.3 is 10.1 Å². The van der Waals surface area contributed by atoms with Crippen LogP contribution in [0.15, 0.2) is 29.6 Å². The van der Waals surface area contributed by atoms with E-state index in [2.05, 4.69) is 17.2 Å². The molecule has 0 fully saturated rings. The SMILES string of the molecule is CCCCCCCCCCCCCC(=O)Nc1nc(-c2cccc(OC)c2)cs1. The van der Waals surface area contributed by atoms with Crippen molar-refractivity contribution < 1.29 is 9.53 Å². The van der Waals surface area contributed by atoms with Crippen LogP contribution in [0.3, 0.4) is 0 Å². The molecule has 4 nitrogen and oxygen atoms in total. The van der Waals surface area contributed by atoms with E-state index in [0.29, 0.717) is 11.6 Å². The fourth-order valence-corrected chi connectivity index (χ4v) is 4.11. The van der Waals surface area contributed by atoms with Crippen molar-refractivity contribution in [1.29, 1.82) is 0 Å². The number of unbranched alkanes of at least 4 members (excludes halogenated alkanes) is 10. The molecule has 2 rings (SSSR count). The lowest BCUT2D eigenvalue weighted by Crippen LogP contribution is -2.10. The number of amides is 1. The topological polar surface area (TPSA) is 51.2 Å². The third-order valence-electron chi connectivity index (χ3n) is 5.12.